The number of rotatable bonds is 5. The number of carbonyl (C=O) groups is 1. The second-order valence-corrected chi connectivity index (χ2v) is 4.83. The standard InChI is InChI=1S/C14H20FNO/c1-10(2)8-9-11(3)16-14(17)12-6-4-5-7-13(12)15/h4-7,10-11H,8-9H2,1-3H3,(H,16,17). The molecule has 0 radical (unpaired) electrons. The summed E-state index contributed by atoms with van der Waals surface area (Å²) in [5.41, 5.74) is 0.115. The van der Waals surface area contributed by atoms with Crippen molar-refractivity contribution < 1.29 is 9.18 Å². The van der Waals surface area contributed by atoms with Crippen LogP contribution in [0.15, 0.2) is 24.3 Å². The van der Waals surface area contributed by atoms with Gasteiger partial charge in [-0.05, 0) is 37.8 Å². The normalized spacial score (nSPS) is 12.5. The number of amides is 1. The van der Waals surface area contributed by atoms with Crippen LogP contribution in [-0.2, 0) is 0 Å². The van der Waals surface area contributed by atoms with E-state index < -0.39 is 5.82 Å². The van der Waals surface area contributed by atoms with Crippen molar-refractivity contribution in [2.75, 3.05) is 0 Å². The molecule has 0 aromatic heterocycles. The fourth-order valence-corrected chi connectivity index (χ4v) is 1.60. The first-order chi connectivity index (χ1) is 8.00. The zero-order valence-electron chi connectivity index (χ0n) is 10.7. The minimum atomic E-state index is -0.471. The Kier molecular flexibility index (Phi) is 5.13. The molecule has 0 aliphatic carbocycles. The van der Waals surface area contributed by atoms with E-state index in [0.29, 0.717) is 5.92 Å². The third-order valence-electron chi connectivity index (χ3n) is 2.67. The molecule has 3 heteroatoms. The van der Waals surface area contributed by atoms with Crippen LogP contribution in [0.4, 0.5) is 4.39 Å². The zero-order valence-corrected chi connectivity index (χ0v) is 10.7. The van der Waals surface area contributed by atoms with Crippen LogP contribution in [0.3, 0.4) is 0 Å². The predicted octanol–water partition coefficient (Wildman–Crippen LogP) is 3.38. The lowest BCUT2D eigenvalue weighted by molar-refractivity contribution is 0.0933. The average Bonchev–Trinajstić information content (AvgIpc) is 2.26. The molecule has 1 rings (SSSR count). The number of nitrogens with one attached hydrogen (secondary N) is 1. The van der Waals surface area contributed by atoms with Gasteiger partial charge in [-0.3, -0.25) is 4.79 Å². The number of hydrogen-bond donors (Lipinski definition) is 1. The van der Waals surface area contributed by atoms with Crippen LogP contribution >= 0.6 is 0 Å². The fourth-order valence-electron chi connectivity index (χ4n) is 1.60. The van der Waals surface area contributed by atoms with E-state index in [2.05, 4.69) is 19.2 Å². The summed E-state index contributed by atoms with van der Waals surface area (Å²) < 4.78 is 13.3. The summed E-state index contributed by atoms with van der Waals surface area (Å²) in [6.45, 7) is 6.23. The SMILES string of the molecule is CC(C)CCC(C)NC(=O)c1ccccc1F. The Labute approximate surface area is 102 Å². The second-order valence-electron chi connectivity index (χ2n) is 4.83. The summed E-state index contributed by atoms with van der Waals surface area (Å²) >= 11 is 0. The predicted molar refractivity (Wildman–Crippen MR) is 67.4 cm³/mol. The minimum Gasteiger partial charge on any atom is -0.349 e. The van der Waals surface area contributed by atoms with Gasteiger partial charge in [0.1, 0.15) is 5.82 Å². The molecule has 1 unspecified atom stereocenters. The molecule has 0 heterocycles. The third kappa shape index (κ3) is 4.55. The lowest BCUT2D eigenvalue weighted by atomic mass is 10.0. The van der Waals surface area contributed by atoms with E-state index in [1.54, 1.807) is 12.1 Å². The maximum absolute atomic E-state index is 13.3. The van der Waals surface area contributed by atoms with Gasteiger partial charge in [0, 0.05) is 6.04 Å². The highest BCUT2D eigenvalue weighted by Gasteiger charge is 2.13. The van der Waals surface area contributed by atoms with Crippen molar-refractivity contribution in [3.63, 3.8) is 0 Å². The van der Waals surface area contributed by atoms with Crippen LogP contribution < -0.4 is 5.32 Å². The summed E-state index contributed by atoms with van der Waals surface area (Å²) in [7, 11) is 0. The van der Waals surface area contributed by atoms with Crippen molar-refractivity contribution in [1.82, 2.24) is 5.32 Å². The summed E-state index contributed by atoms with van der Waals surface area (Å²) in [4.78, 5) is 11.8. The zero-order chi connectivity index (χ0) is 12.8. The largest absolute Gasteiger partial charge is 0.349 e. The monoisotopic (exact) mass is 237 g/mol. The van der Waals surface area contributed by atoms with Crippen LogP contribution in [0.2, 0.25) is 0 Å². The van der Waals surface area contributed by atoms with E-state index in [1.165, 1.54) is 12.1 Å². The van der Waals surface area contributed by atoms with Gasteiger partial charge in [0.2, 0.25) is 0 Å². The summed E-state index contributed by atoms with van der Waals surface area (Å²) in [5.74, 6) is -0.191. The lowest BCUT2D eigenvalue weighted by Crippen LogP contribution is -2.33. The van der Waals surface area contributed by atoms with Crippen LogP contribution in [0.1, 0.15) is 44.0 Å². The van der Waals surface area contributed by atoms with Gasteiger partial charge in [0.05, 0.1) is 5.56 Å². The first-order valence-electron chi connectivity index (χ1n) is 6.06. The first kappa shape index (κ1) is 13.7. The molecule has 0 spiro atoms. The molecular weight excluding hydrogens is 217 g/mol. The van der Waals surface area contributed by atoms with Gasteiger partial charge < -0.3 is 5.32 Å². The van der Waals surface area contributed by atoms with E-state index in [-0.39, 0.29) is 17.5 Å². The summed E-state index contributed by atoms with van der Waals surface area (Å²) in [6.07, 6.45) is 1.97. The van der Waals surface area contributed by atoms with Gasteiger partial charge >= 0.3 is 0 Å². The molecule has 1 aromatic rings. The van der Waals surface area contributed by atoms with Crippen molar-refractivity contribution in [3.8, 4) is 0 Å². The van der Waals surface area contributed by atoms with Crippen LogP contribution in [0.25, 0.3) is 0 Å². The highest BCUT2D eigenvalue weighted by molar-refractivity contribution is 5.94. The van der Waals surface area contributed by atoms with E-state index in [1.807, 2.05) is 6.92 Å². The molecule has 1 atom stereocenters. The molecule has 0 saturated heterocycles. The molecule has 94 valence electrons. The molecule has 1 N–H and O–H groups in total. The molecule has 0 aliphatic heterocycles. The molecule has 0 aliphatic rings. The van der Waals surface area contributed by atoms with Gasteiger partial charge in [-0.15, -0.1) is 0 Å². The molecule has 0 bridgehead atoms. The summed E-state index contributed by atoms with van der Waals surface area (Å²) in [6, 6.07) is 6.11. The van der Waals surface area contributed by atoms with E-state index in [4.69, 9.17) is 0 Å². The Morgan fingerprint density at radius 1 is 1.24 bits per heavy atom. The van der Waals surface area contributed by atoms with Crippen LogP contribution in [0.5, 0.6) is 0 Å². The maximum atomic E-state index is 13.3. The molecule has 1 amide bonds. The second kappa shape index (κ2) is 6.38. The minimum absolute atomic E-state index is 0.0736. The Hall–Kier alpha value is -1.38. The third-order valence-corrected chi connectivity index (χ3v) is 2.67. The smallest absolute Gasteiger partial charge is 0.254 e. The number of benzene rings is 1. The van der Waals surface area contributed by atoms with Gasteiger partial charge in [0.15, 0.2) is 0 Å². The maximum Gasteiger partial charge on any atom is 0.254 e. The van der Waals surface area contributed by atoms with E-state index in [0.717, 1.165) is 12.8 Å². The van der Waals surface area contributed by atoms with Crippen LogP contribution in [-0.4, -0.2) is 11.9 Å². The molecule has 17 heavy (non-hydrogen) atoms. The van der Waals surface area contributed by atoms with Crippen molar-refractivity contribution in [2.45, 2.75) is 39.7 Å². The Balaban J connectivity index is 2.52. The first-order valence-corrected chi connectivity index (χ1v) is 6.06. The fraction of sp³-hybridized carbons (Fsp3) is 0.500. The van der Waals surface area contributed by atoms with E-state index in [9.17, 15) is 9.18 Å². The van der Waals surface area contributed by atoms with Crippen LogP contribution in [0, 0.1) is 11.7 Å². The quantitative estimate of drug-likeness (QED) is 0.835. The molecule has 0 fully saturated rings. The van der Waals surface area contributed by atoms with Gasteiger partial charge in [-0.2, -0.15) is 0 Å². The molecular formula is C14H20FNO. The van der Waals surface area contributed by atoms with Gasteiger partial charge in [-0.25, -0.2) is 4.39 Å². The molecule has 0 saturated carbocycles. The highest BCUT2D eigenvalue weighted by Crippen LogP contribution is 2.09. The number of hydrogen-bond acceptors (Lipinski definition) is 1. The van der Waals surface area contributed by atoms with Gasteiger partial charge in [-0.1, -0.05) is 26.0 Å². The average molecular weight is 237 g/mol. The Morgan fingerprint density at radius 3 is 2.47 bits per heavy atom. The Bertz CT molecular complexity index is 376. The number of halogens is 1. The van der Waals surface area contributed by atoms with Crippen molar-refractivity contribution >= 4 is 5.91 Å². The number of carbonyl (C=O) groups excluding carboxylic acids is 1. The lowest BCUT2D eigenvalue weighted by Gasteiger charge is -2.15. The van der Waals surface area contributed by atoms with Gasteiger partial charge in [0.25, 0.3) is 5.91 Å². The van der Waals surface area contributed by atoms with Crippen molar-refractivity contribution in [3.05, 3.63) is 35.6 Å². The molecule has 1 aromatic carbocycles. The highest BCUT2D eigenvalue weighted by atomic mass is 19.1. The topological polar surface area (TPSA) is 29.1 Å². The Morgan fingerprint density at radius 2 is 1.88 bits per heavy atom. The van der Waals surface area contributed by atoms with Crippen molar-refractivity contribution in [2.24, 2.45) is 5.92 Å². The van der Waals surface area contributed by atoms with Crippen molar-refractivity contribution in [1.29, 1.82) is 0 Å². The summed E-state index contributed by atoms with van der Waals surface area (Å²) in [5, 5.41) is 2.81. The molecule has 2 nitrogen and oxygen atoms in total. The van der Waals surface area contributed by atoms with E-state index >= 15 is 0 Å².